The lowest BCUT2D eigenvalue weighted by molar-refractivity contribution is -0.132. The van der Waals surface area contributed by atoms with Crippen molar-refractivity contribution in [1.82, 2.24) is 10.3 Å². The number of ether oxygens (including phenoxy) is 1. The Balaban J connectivity index is 1.28. The number of hydrogen-bond donors (Lipinski definition) is 1. The summed E-state index contributed by atoms with van der Waals surface area (Å²) < 4.78 is 20.1. The standard InChI is InChI=1S/C19H26FN3O/c20-15-4-3-9-21-18(15)23-10-5-13(12-23)22-16-14-6-11-24-17(14)19(16)7-1-2-8-19/h3-4,9,13-14,16-17,22H,1-2,5-8,10-12H2/t13-,14+,16+,17-/m0/s1. The molecule has 3 heterocycles. The van der Waals surface area contributed by atoms with Crippen molar-refractivity contribution in [3.8, 4) is 0 Å². The van der Waals surface area contributed by atoms with E-state index in [0.29, 0.717) is 35.3 Å². The van der Waals surface area contributed by atoms with Gasteiger partial charge in [-0.2, -0.15) is 0 Å². The van der Waals surface area contributed by atoms with Gasteiger partial charge in [-0.1, -0.05) is 12.8 Å². The Labute approximate surface area is 142 Å². The van der Waals surface area contributed by atoms with Crippen molar-refractivity contribution >= 4 is 5.82 Å². The van der Waals surface area contributed by atoms with Gasteiger partial charge in [-0.05, 0) is 37.8 Å². The molecule has 24 heavy (non-hydrogen) atoms. The van der Waals surface area contributed by atoms with E-state index in [0.717, 1.165) is 26.1 Å². The minimum Gasteiger partial charge on any atom is -0.377 e. The summed E-state index contributed by atoms with van der Waals surface area (Å²) in [4.78, 5) is 6.33. The van der Waals surface area contributed by atoms with Gasteiger partial charge in [-0.25, -0.2) is 9.37 Å². The maximum absolute atomic E-state index is 14.0. The van der Waals surface area contributed by atoms with Crippen LogP contribution in [-0.2, 0) is 4.74 Å². The normalized spacial score (nSPS) is 37.0. The van der Waals surface area contributed by atoms with Crippen LogP contribution in [0.3, 0.4) is 0 Å². The second kappa shape index (κ2) is 5.67. The smallest absolute Gasteiger partial charge is 0.165 e. The average Bonchev–Trinajstić information content (AvgIpc) is 3.32. The molecule has 1 aromatic rings. The molecule has 4 nitrogen and oxygen atoms in total. The van der Waals surface area contributed by atoms with Gasteiger partial charge in [-0.15, -0.1) is 0 Å². The van der Waals surface area contributed by atoms with E-state index >= 15 is 0 Å². The van der Waals surface area contributed by atoms with Crippen molar-refractivity contribution in [2.45, 2.75) is 56.7 Å². The zero-order valence-corrected chi connectivity index (χ0v) is 14.1. The number of pyridine rings is 1. The van der Waals surface area contributed by atoms with Gasteiger partial charge >= 0.3 is 0 Å². The van der Waals surface area contributed by atoms with Crippen molar-refractivity contribution in [2.24, 2.45) is 11.3 Å². The summed E-state index contributed by atoms with van der Waals surface area (Å²) in [6.07, 6.45) is 9.79. The predicted molar refractivity (Wildman–Crippen MR) is 90.5 cm³/mol. The van der Waals surface area contributed by atoms with Crippen molar-refractivity contribution in [3.63, 3.8) is 0 Å². The molecule has 4 fully saturated rings. The lowest BCUT2D eigenvalue weighted by Crippen LogP contribution is -2.69. The van der Waals surface area contributed by atoms with Crippen LogP contribution in [0, 0.1) is 17.2 Å². The van der Waals surface area contributed by atoms with Gasteiger partial charge < -0.3 is 15.0 Å². The van der Waals surface area contributed by atoms with E-state index in [4.69, 9.17) is 4.74 Å². The highest BCUT2D eigenvalue weighted by atomic mass is 19.1. The van der Waals surface area contributed by atoms with Gasteiger partial charge in [-0.3, -0.25) is 0 Å². The summed E-state index contributed by atoms with van der Waals surface area (Å²) in [6.45, 7) is 2.68. The van der Waals surface area contributed by atoms with Crippen LogP contribution in [0.1, 0.15) is 38.5 Å². The molecule has 0 amide bonds. The molecule has 0 aromatic carbocycles. The summed E-state index contributed by atoms with van der Waals surface area (Å²) in [7, 11) is 0. The van der Waals surface area contributed by atoms with Crippen LogP contribution in [0.5, 0.6) is 0 Å². The lowest BCUT2D eigenvalue weighted by Gasteiger charge is -2.57. The van der Waals surface area contributed by atoms with Crippen molar-refractivity contribution in [3.05, 3.63) is 24.1 Å². The second-order valence-electron chi connectivity index (χ2n) is 8.07. The monoisotopic (exact) mass is 331 g/mol. The molecular weight excluding hydrogens is 305 g/mol. The number of fused-ring (bicyclic) bond motifs is 2. The quantitative estimate of drug-likeness (QED) is 0.924. The van der Waals surface area contributed by atoms with E-state index < -0.39 is 0 Å². The first-order valence-electron chi connectivity index (χ1n) is 9.51. The number of hydrogen-bond acceptors (Lipinski definition) is 4. The molecule has 130 valence electrons. The summed E-state index contributed by atoms with van der Waals surface area (Å²) >= 11 is 0. The van der Waals surface area contributed by atoms with Crippen LogP contribution < -0.4 is 10.2 Å². The van der Waals surface area contributed by atoms with E-state index in [1.54, 1.807) is 12.3 Å². The van der Waals surface area contributed by atoms with Crippen molar-refractivity contribution in [2.75, 3.05) is 24.6 Å². The Morgan fingerprint density at radius 1 is 1.29 bits per heavy atom. The van der Waals surface area contributed by atoms with E-state index in [9.17, 15) is 4.39 Å². The topological polar surface area (TPSA) is 37.4 Å². The highest BCUT2D eigenvalue weighted by Gasteiger charge is 2.64. The molecule has 0 radical (unpaired) electrons. The molecule has 5 rings (SSSR count). The first-order chi connectivity index (χ1) is 11.8. The third kappa shape index (κ3) is 2.14. The fourth-order valence-electron chi connectivity index (χ4n) is 5.90. The van der Waals surface area contributed by atoms with Gasteiger partial charge in [0.1, 0.15) is 0 Å². The fraction of sp³-hybridized carbons (Fsp3) is 0.737. The maximum atomic E-state index is 14.0. The Bertz CT molecular complexity index is 618. The minimum atomic E-state index is -0.210. The number of nitrogens with zero attached hydrogens (tertiary/aromatic N) is 2. The molecule has 2 aliphatic heterocycles. The molecule has 2 aliphatic carbocycles. The van der Waals surface area contributed by atoms with Crippen LogP contribution >= 0.6 is 0 Å². The third-order valence-corrected chi connectivity index (χ3v) is 6.93. The first-order valence-corrected chi connectivity index (χ1v) is 9.51. The summed E-state index contributed by atoms with van der Waals surface area (Å²) in [5.74, 6) is 0.995. The van der Waals surface area contributed by atoms with Crippen LogP contribution in [0.2, 0.25) is 0 Å². The zero-order valence-electron chi connectivity index (χ0n) is 14.1. The molecule has 2 saturated carbocycles. The number of aromatic nitrogens is 1. The molecule has 1 N–H and O–H groups in total. The largest absolute Gasteiger partial charge is 0.377 e. The summed E-state index contributed by atoms with van der Waals surface area (Å²) in [6, 6.07) is 4.20. The van der Waals surface area contributed by atoms with E-state index in [-0.39, 0.29) is 5.82 Å². The Morgan fingerprint density at radius 3 is 3.00 bits per heavy atom. The van der Waals surface area contributed by atoms with Crippen LogP contribution in [0.15, 0.2) is 18.3 Å². The molecule has 1 aromatic heterocycles. The highest BCUT2D eigenvalue weighted by molar-refractivity contribution is 5.41. The molecule has 4 aliphatic rings. The number of anilines is 1. The highest BCUT2D eigenvalue weighted by Crippen LogP contribution is 2.60. The molecule has 0 bridgehead atoms. The molecule has 5 heteroatoms. The third-order valence-electron chi connectivity index (χ3n) is 6.93. The van der Waals surface area contributed by atoms with Crippen molar-refractivity contribution in [1.29, 1.82) is 0 Å². The van der Waals surface area contributed by atoms with E-state index in [2.05, 4.69) is 15.2 Å². The average molecular weight is 331 g/mol. The van der Waals surface area contributed by atoms with Gasteiger partial charge in [0, 0.05) is 49.3 Å². The number of nitrogens with one attached hydrogen (secondary N) is 1. The maximum Gasteiger partial charge on any atom is 0.165 e. The molecule has 1 spiro atoms. The van der Waals surface area contributed by atoms with Crippen LogP contribution in [0.4, 0.5) is 10.2 Å². The van der Waals surface area contributed by atoms with Crippen LogP contribution in [-0.4, -0.2) is 42.9 Å². The van der Waals surface area contributed by atoms with Crippen molar-refractivity contribution < 1.29 is 9.13 Å². The molecule has 4 atom stereocenters. The molecule has 2 saturated heterocycles. The Hall–Kier alpha value is -1.20. The van der Waals surface area contributed by atoms with E-state index in [1.807, 2.05) is 0 Å². The van der Waals surface area contributed by atoms with E-state index in [1.165, 1.54) is 38.2 Å². The zero-order chi connectivity index (χ0) is 16.1. The summed E-state index contributed by atoms with van der Waals surface area (Å²) in [5, 5.41) is 3.97. The van der Waals surface area contributed by atoms with Gasteiger partial charge in [0.2, 0.25) is 0 Å². The van der Waals surface area contributed by atoms with Gasteiger partial charge in [0.25, 0.3) is 0 Å². The Kier molecular flexibility index (Phi) is 3.56. The fourth-order valence-corrected chi connectivity index (χ4v) is 5.90. The van der Waals surface area contributed by atoms with Crippen LogP contribution in [0.25, 0.3) is 0 Å². The molecule has 0 unspecified atom stereocenters. The SMILES string of the molecule is Fc1cccnc1N1CC[C@H](N[C@@H]2[C@H]3CCO[C@@H]3C23CCCC3)C1. The number of halogens is 1. The minimum absolute atomic E-state index is 0.210. The first kappa shape index (κ1) is 15.1. The number of rotatable bonds is 3. The predicted octanol–water partition coefficient (Wildman–Crippen LogP) is 2.74. The second-order valence-corrected chi connectivity index (χ2v) is 8.07. The lowest BCUT2D eigenvalue weighted by atomic mass is 9.54. The molecular formula is C19H26FN3O. The summed E-state index contributed by atoms with van der Waals surface area (Å²) in [5.41, 5.74) is 0.394. The van der Waals surface area contributed by atoms with Gasteiger partial charge in [0.15, 0.2) is 11.6 Å². The van der Waals surface area contributed by atoms with Gasteiger partial charge in [0.05, 0.1) is 6.10 Å². The Morgan fingerprint density at radius 2 is 2.17 bits per heavy atom.